The van der Waals surface area contributed by atoms with E-state index >= 15 is 0 Å². The zero-order chi connectivity index (χ0) is 24.3. The number of hydrogen-bond acceptors (Lipinski definition) is 6. The molecular formula is C26H31N3O5. The fraction of sp³-hybridized carbons (Fsp3) is 0.385. The van der Waals surface area contributed by atoms with E-state index in [1.807, 2.05) is 19.1 Å². The largest absolute Gasteiger partial charge is 0.462 e. The number of unbranched alkanes of at least 4 members (excludes halogenated alkanes) is 2. The van der Waals surface area contributed by atoms with Gasteiger partial charge in [0, 0.05) is 36.5 Å². The number of H-pyrrole nitrogens is 1. The third-order valence-electron chi connectivity index (χ3n) is 5.50. The molecular weight excluding hydrogens is 434 g/mol. The van der Waals surface area contributed by atoms with Crippen LogP contribution >= 0.6 is 0 Å². The monoisotopic (exact) mass is 465 g/mol. The Hall–Kier alpha value is -3.52. The van der Waals surface area contributed by atoms with E-state index < -0.39 is 4.92 Å². The van der Waals surface area contributed by atoms with E-state index in [0.717, 1.165) is 54.7 Å². The molecule has 1 N–H and O–H groups in total. The summed E-state index contributed by atoms with van der Waals surface area (Å²) in [7, 11) is 0. The summed E-state index contributed by atoms with van der Waals surface area (Å²) in [5.41, 5.74) is 3.91. The molecule has 0 saturated heterocycles. The lowest BCUT2D eigenvalue weighted by molar-refractivity contribution is -0.384. The molecule has 0 fully saturated rings. The van der Waals surface area contributed by atoms with Crippen molar-refractivity contribution in [1.29, 1.82) is 0 Å². The van der Waals surface area contributed by atoms with Crippen LogP contribution in [-0.2, 0) is 15.9 Å². The molecule has 1 aromatic heterocycles. The maximum Gasteiger partial charge on any atom is 0.338 e. The van der Waals surface area contributed by atoms with Crippen LogP contribution in [0.3, 0.4) is 0 Å². The Morgan fingerprint density at radius 3 is 2.47 bits per heavy atom. The average molecular weight is 466 g/mol. The van der Waals surface area contributed by atoms with Gasteiger partial charge in [-0.3, -0.25) is 10.1 Å². The van der Waals surface area contributed by atoms with Crippen molar-refractivity contribution in [2.24, 2.45) is 0 Å². The number of ether oxygens (including phenoxy) is 2. The molecule has 3 rings (SSSR count). The summed E-state index contributed by atoms with van der Waals surface area (Å²) < 4.78 is 10.9. The Morgan fingerprint density at radius 1 is 1.03 bits per heavy atom. The van der Waals surface area contributed by atoms with Crippen molar-refractivity contribution in [3.05, 3.63) is 69.9 Å². The Bertz CT molecular complexity index is 1090. The maximum absolute atomic E-state index is 12.3. The Kier molecular flexibility index (Phi) is 9.34. The molecule has 0 atom stereocenters. The molecule has 0 bridgehead atoms. The van der Waals surface area contributed by atoms with Crippen molar-refractivity contribution >= 4 is 11.7 Å². The predicted molar refractivity (Wildman–Crippen MR) is 131 cm³/mol. The van der Waals surface area contributed by atoms with Crippen molar-refractivity contribution in [3.63, 3.8) is 0 Å². The number of benzene rings is 2. The molecule has 2 aromatic carbocycles. The highest BCUT2D eigenvalue weighted by atomic mass is 16.6. The van der Waals surface area contributed by atoms with Crippen molar-refractivity contribution < 1.29 is 19.2 Å². The number of non-ortho nitro benzene ring substituents is 1. The first-order chi connectivity index (χ1) is 16.5. The summed E-state index contributed by atoms with van der Waals surface area (Å²) in [5, 5.41) is 11.1. The number of esters is 1. The first-order valence-corrected chi connectivity index (χ1v) is 11.7. The molecule has 1 heterocycles. The molecule has 0 unspecified atom stereocenters. The SMILES string of the molecule is CCCCOCCCCOC(=O)c1ccc(-c2ncc(-c3ccc([N+](=O)[O-])cc3CC)[nH]2)cc1. The van der Waals surface area contributed by atoms with Crippen molar-refractivity contribution in [2.45, 2.75) is 46.0 Å². The van der Waals surface area contributed by atoms with Gasteiger partial charge in [-0.25, -0.2) is 9.78 Å². The number of nitro benzene ring substituents is 1. The number of rotatable bonds is 13. The number of nitro groups is 1. The van der Waals surface area contributed by atoms with Gasteiger partial charge < -0.3 is 14.5 Å². The molecule has 0 amide bonds. The van der Waals surface area contributed by atoms with Crippen LogP contribution in [0.1, 0.15) is 55.5 Å². The van der Waals surface area contributed by atoms with Crippen LogP contribution in [0, 0.1) is 10.1 Å². The second-order valence-corrected chi connectivity index (χ2v) is 7.98. The second kappa shape index (κ2) is 12.6. The number of hydrogen-bond donors (Lipinski definition) is 1. The molecule has 0 aliphatic rings. The van der Waals surface area contributed by atoms with Crippen LogP contribution in [0.15, 0.2) is 48.7 Å². The summed E-state index contributed by atoms with van der Waals surface area (Å²) in [6, 6.07) is 11.9. The lowest BCUT2D eigenvalue weighted by Gasteiger charge is -2.07. The van der Waals surface area contributed by atoms with Gasteiger partial charge in [-0.05, 0) is 49.4 Å². The van der Waals surface area contributed by atoms with E-state index in [1.165, 1.54) is 6.07 Å². The Balaban J connectivity index is 1.57. The molecule has 3 aromatic rings. The van der Waals surface area contributed by atoms with Gasteiger partial charge in [0.15, 0.2) is 0 Å². The van der Waals surface area contributed by atoms with Crippen molar-refractivity contribution in [2.75, 3.05) is 19.8 Å². The third-order valence-corrected chi connectivity index (χ3v) is 5.50. The molecule has 8 nitrogen and oxygen atoms in total. The predicted octanol–water partition coefficient (Wildman–Crippen LogP) is 5.97. The van der Waals surface area contributed by atoms with Crippen LogP contribution < -0.4 is 0 Å². The highest BCUT2D eigenvalue weighted by Gasteiger charge is 2.14. The number of aromatic amines is 1. The quantitative estimate of drug-likeness (QED) is 0.144. The first-order valence-electron chi connectivity index (χ1n) is 11.7. The van der Waals surface area contributed by atoms with Crippen LogP contribution in [0.4, 0.5) is 5.69 Å². The highest BCUT2D eigenvalue weighted by Crippen LogP contribution is 2.28. The normalized spacial score (nSPS) is 10.9. The van der Waals surface area contributed by atoms with Crippen molar-refractivity contribution in [1.82, 2.24) is 9.97 Å². The number of imidazole rings is 1. The van der Waals surface area contributed by atoms with Gasteiger partial charge in [0.2, 0.25) is 0 Å². The minimum absolute atomic E-state index is 0.0723. The lowest BCUT2D eigenvalue weighted by Crippen LogP contribution is -2.07. The molecule has 0 radical (unpaired) electrons. The second-order valence-electron chi connectivity index (χ2n) is 7.98. The molecule has 0 saturated carbocycles. The Morgan fingerprint density at radius 2 is 1.76 bits per heavy atom. The fourth-order valence-electron chi connectivity index (χ4n) is 3.52. The topological polar surface area (TPSA) is 107 Å². The smallest absolute Gasteiger partial charge is 0.338 e. The molecule has 180 valence electrons. The van der Waals surface area contributed by atoms with E-state index in [0.29, 0.717) is 31.0 Å². The molecule has 0 aliphatic heterocycles. The molecule has 0 spiro atoms. The summed E-state index contributed by atoms with van der Waals surface area (Å²) in [4.78, 5) is 30.7. The summed E-state index contributed by atoms with van der Waals surface area (Å²) in [5.74, 6) is 0.301. The van der Waals surface area contributed by atoms with Crippen molar-refractivity contribution in [3.8, 4) is 22.6 Å². The average Bonchev–Trinajstić information content (AvgIpc) is 3.35. The zero-order valence-electron chi connectivity index (χ0n) is 19.7. The maximum atomic E-state index is 12.3. The number of aromatic nitrogens is 2. The summed E-state index contributed by atoms with van der Waals surface area (Å²) >= 11 is 0. The first kappa shape index (κ1) is 25.1. The van der Waals surface area contributed by atoms with Crippen LogP contribution in [0.2, 0.25) is 0 Å². The Labute approximate surface area is 199 Å². The highest BCUT2D eigenvalue weighted by molar-refractivity contribution is 5.90. The molecule has 34 heavy (non-hydrogen) atoms. The van der Waals surface area contributed by atoms with E-state index in [1.54, 1.807) is 30.5 Å². The standard InChI is InChI=1S/C26H31N3O5/c1-3-5-14-33-15-6-7-16-34-26(30)21-10-8-20(9-11-21)25-27-18-24(28-25)23-13-12-22(29(31)32)17-19(23)4-2/h8-13,17-18H,3-7,14-16H2,1-2H3,(H,27,28). The van der Waals surface area contributed by atoms with E-state index in [9.17, 15) is 14.9 Å². The van der Waals surface area contributed by atoms with Gasteiger partial charge in [-0.1, -0.05) is 32.4 Å². The van der Waals surface area contributed by atoms with Gasteiger partial charge in [0.1, 0.15) is 5.82 Å². The zero-order valence-corrected chi connectivity index (χ0v) is 19.7. The van der Waals surface area contributed by atoms with Crippen LogP contribution in [0.5, 0.6) is 0 Å². The van der Waals surface area contributed by atoms with Crippen LogP contribution in [-0.4, -0.2) is 40.7 Å². The number of carbonyl (C=O) groups is 1. The molecule has 0 aliphatic carbocycles. The number of nitrogens with zero attached hydrogens (tertiary/aromatic N) is 2. The minimum Gasteiger partial charge on any atom is -0.462 e. The minimum atomic E-state index is -0.392. The number of aryl methyl sites for hydroxylation is 1. The van der Waals surface area contributed by atoms with Crippen LogP contribution in [0.25, 0.3) is 22.6 Å². The van der Waals surface area contributed by atoms with Gasteiger partial charge in [-0.15, -0.1) is 0 Å². The van der Waals surface area contributed by atoms with E-state index in [-0.39, 0.29) is 11.7 Å². The van der Waals surface area contributed by atoms with E-state index in [4.69, 9.17) is 9.47 Å². The van der Waals surface area contributed by atoms with Gasteiger partial charge in [0.05, 0.1) is 29.0 Å². The van der Waals surface area contributed by atoms with Gasteiger partial charge in [-0.2, -0.15) is 0 Å². The summed E-state index contributed by atoms with van der Waals surface area (Å²) in [6.07, 6.45) is 6.20. The van der Waals surface area contributed by atoms with E-state index in [2.05, 4.69) is 16.9 Å². The third kappa shape index (κ3) is 6.74. The van der Waals surface area contributed by atoms with Gasteiger partial charge >= 0.3 is 5.97 Å². The number of carbonyl (C=O) groups excluding carboxylic acids is 1. The summed E-state index contributed by atoms with van der Waals surface area (Å²) in [6.45, 7) is 5.93. The fourth-order valence-corrected chi connectivity index (χ4v) is 3.52. The molecule has 8 heteroatoms. The number of nitrogens with one attached hydrogen (secondary N) is 1. The van der Waals surface area contributed by atoms with Gasteiger partial charge in [0.25, 0.3) is 5.69 Å². The lowest BCUT2D eigenvalue weighted by atomic mass is 10.0.